The number of nitrogens with one attached hydrogen (secondary N) is 1. The summed E-state index contributed by atoms with van der Waals surface area (Å²) < 4.78 is 4.91. The lowest BCUT2D eigenvalue weighted by molar-refractivity contribution is -0.136. The second kappa shape index (κ2) is 7.96. The molecule has 0 aromatic heterocycles. The summed E-state index contributed by atoms with van der Waals surface area (Å²) >= 11 is 0. The molecule has 116 valence electrons. The van der Waals surface area contributed by atoms with E-state index in [0.29, 0.717) is 6.04 Å². The average molecular weight is 283 g/mol. The molecule has 2 aliphatic heterocycles. The molecule has 5 nitrogen and oxygen atoms in total. The number of carbonyl (C=O) groups excluding carboxylic acids is 1. The zero-order valence-electron chi connectivity index (χ0n) is 12.9. The molecule has 0 aromatic rings. The summed E-state index contributed by atoms with van der Waals surface area (Å²) in [5.74, 6) is 0.918. The number of likely N-dealkylation sites (tertiary alicyclic amines) is 2. The smallest absolute Gasteiger partial charge is 0.248 e. The van der Waals surface area contributed by atoms with Crippen LogP contribution in [0.4, 0.5) is 0 Å². The van der Waals surface area contributed by atoms with Crippen LogP contribution in [0.5, 0.6) is 0 Å². The molecule has 0 radical (unpaired) electrons. The third-order valence-corrected chi connectivity index (χ3v) is 4.53. The Morgan fingerprint density at radius 1 is 1.25 bits per heavy atom. The molecule has 0 saturated carbocycles. The van der Waals surface area contributed by atoms with E-state index in [0.717, 1.165) is 38.4 Å². The van der Waals surface area contributed by atoms with E-state index in [1.807, 2.05) is 4.90 Å². The highest BCUT2D eigenvalue weighted by Gasteiger charge is 2.23. The van der Waals surface area contributed by atoms with Gasteiger partial charge in [0, 0.05) is 32.8 Å². The maximum Gasteiger partial charge on any atom is 0.248 e. The highest BCUT2D eigenvalue weighted by Crippen LogP contribution is 2.16. The van der Waals surface area contributed by atoms with Gasteiger partial charge in [0.1, 0.15) is 6.61 Å². The molecular weight excluding hydrogens is 254 g/mol. The van der Waals surface area contributed by atoms with Crippen molar-refractivity contribution in [3.63, 3.8) is 0 Å². The zero-order chi connectivity index (χ0) is 14.4. The largest absolute Gasteiger partial charge is 0.375 e. The molecule has 1 amide bonds. The Balaban J connectivity index is 1.63. The van der Waals surface area contributed by atoms with Crippen LogP contribution in [0.1, 0.15) is 25.7 Å². The predicted molar refractivity (Wildman–Crippen MR) is 79.7 cm³/mol. The zero-order valence-corrected chi connectivity index (χ0v) is 12.9. The van der Waals surface area contributed by atoms with Gasteiger partial charge >= 0.3 is 0 Å². The number of hydrogen-bond acceptors (Lipinski definition) is 4. The summed E-state index contributed by atoms with van der Waals surface area (Å²) in [5, 5.41) is 3.71. The first-order valence-corrected chi connectivity index (χ1v) is 7.87. The maximum absolute atomic E-state index is 11.7. The van der Waals surface area contributed by atoms with Crippen molar-refractivity contribution in [1.82, 2.24) is 15.1 Å². The van der Waals surface area contributed by atoms with Crippen molar-refractivity contribution in [2.24, 2.45) is 5.92 Å². The maximum atomic E-state index is 11.7. The topological polar surface area (TPSA) is 44.8 Å². The molecule has 2 fully saturated rings. The Morgan fingerprint density at radius 3 is 2.65 bits per heavy atom. The molecule has 0 bridgehead atoms. The lowest BCUT2D eigenvalue weighted by atomic mass is 9.97. The van der Waals surface area contributed by atoms with Crippen molar-refractivity contribution in [1.29, 1.82) is 0 Å². The minimum absolute atomic E-state index is 0.125. The van der Waals surface area contributed by atoms with E-state index in [4.69, 9.17) is 4.74 Å². The molecule has 0 aromatic carbocycles. The van der Waals surface area contributed by atoms with Crippen LogP contribution in [0.2, 0.25) is 0 Å². The summed E-state index contributed by atoms with van der Waals surface area (Å²) in [4.78, 5) is 16.1. The van der Waals surface area contributed by atoms with Gasteiger partial charge in [0.05, 0.1) is 0 Å². The second-order valence-corrected chi connectivity index (χ2v) is 6.27. The number of piperidine rings is 2. The third kappa shape index (κ3) is 4.72. The molecule has 2 heterocycles. The summed E-state index contributed by atoms with van der Waals surface area (Å²) in [5.41, 5.74) is 0. The first kappa shape index (κ1) is 15.7. The van der Waals surface area contributed by atoms with E-state index in [2.05, 4.69) is 17.3 Å². The van der Waals surface area contributed by atoms with Gasteiger partial charge in [0.2, 0.25) is 5.91 Å². The van der Waals surface area contributed by atoms with Crippen LogP contribution in [0, 0.1) is 5.92 Å². The van der Waals surface area contributed by atoms with Gasteiger partial charge in [-0.2, -0.15) is 0 Å². The van der Waals surface area contributed by atoms with Crippen LogP contribution in [0.25, 0.3) is 0 Å². The molecule has 1 N–H and O–H groups in total. The van der Waals surface area contributed by atoms with Gasteiger partial charge in [-0.05, 0) is 51.7 Å². The van der Waals surface area contributed by atoms with E-state index in [-0.39, 0.29) is 12.5 Å². The Labute approximate surface area is 122 Å². The molecule has 2 rings (SSSR count). The molecule has 0 spiro atoms. The number of nitrogens with zero attached hydrogens (tertiary/aromatic N) is 2. The number of hydrogen-bond donors (Lipinski definition) is 1. The van der Waals surface area contributed by atoms with Crippen LogP contribution in [0.3, 0.4) is 0 Å². The fourth-order valence-corrected chi connectivity index (χ4v) is 3.32. The minimum Gasteiger partial charge on any atom is -0.375 e. The van der Waals surface area contributed by atoms with Crippen molar-refractivity contribution >= 4 is 5.91 Å². The monoisotopic (exact) mass is 283 g/mol. The normalized spacial score (nSPS) is 25.9. The van der Waals surface area contributed by atoms with Crippen molar-refractivity contribution < 1.29 is 9.53 Å². The molecule has 20 heavy (non-hydrogen) atoms. The van der Waals surface area contributed by atoms with Gasteiger partial charge in [-0.15, -0.1) is 0 Å². The van der Waals surface area contributed by atoms with Crippen LogP contribution in [0.15, 0.2) is 0 Å². The lowest BCUT2D eigenvalue weighted by Crippen LogP contribution is -2.47. The van der Waals surface area contributed by atoms with E-state index in [1.54, 1.807) is 7.11 Å². The van der Waals surface area contributed by atoms with Crippen LogP contribution < -0.4 is 5.32 Å². The second-order valence-electron chi connectivity index (χ2n) is 6.27. The number of methoxy groups -OCH3 is 1. The van der Waals surface area contributed by atoms with Crippen molar-refractivity contribution in [3.05, 3.63) is 0 Å². The lowest BCUT2D eigenvalue weighted by Gasteiger charge is -2.35. The van der Waals surface area contributed by atoms with Gasteiger partial charge in [-0.25, -0.2) is 0 Å². The van der Waals surface area contributed by atoms with Crippen molar-refractivity contribution in [2.45, 2.75) is 31.7 Å². The molecule has 1 unspecified atom stereocenters. The highest BCUT2D eigenvalue weighted by molar-refractivity contribution is 5.77. The Bertz CT molecular complexity index is 303. The van der Waals surface area contributed by atoms with E-state index in [1.165, 1.54) is 25.9 Å². The molecular formula is C15H29N3O2. The highest BCUT2D eigenvalue weighted by atomic mass is 16.5. The summed E-state index contributed by atoms with van der Waals surface area (Å²) in [7, 11) is 3.79. The van der Waals surface area contributed by atoms with Crippen LogP contribution >= 0.6 is 0 Å². The minimum atomic E-state index is 0.125. The Kier molecular flexibility index (Phi) is 6.26. The standard InChI is InChI=1S/C15H29N3O2/c1-17-7-3-4-13(11-17)10-16-14-5-8-18(9-6-14)15(19)12-20-2/h13-14,16H,3-12H2,1-2H3. The number of carbonyl (C=O) groups is 1. The molecule has 1 atom stereocenters. The van der Waals surface area contributed by atoms with Gasteiger partial charge in [-0.3, -0.25) is 4.79 Å². The van der Waals surface area contributed by atoms with E-state index >= 15 is 0 Å². The first-order chi connectivity index (χ1) is 9.69. The Morgan fingerprint density at radius 2 is 2.00 bits per heavy atom. The van der Waals surface area contributed by atoms with E-state index < -0.39 is 0 Å². The molecule has 0 aliphatic carbocycles. The van der Waals surface area contributed by atoms with E-state index in [9.17, 15) is 4.79 Å². The Hall–Kier alpha value is -0.650. The summed E-state index contributed by atoms with van der Waals surface area (Å²) in [6.45, 7) is 5.54. The SMILES string of the molecule is COCC(=O)N1CCC(NCC2CCCN(C)C2)CC1. The van der Waals surface area contributed by atoms with Gasteiger partial charge in [0.15, 0.2) is 0 Å². The van der Waals surface area contributed by atoms with Crippen LogP contribution in [-0.4, -0.2) is 75.2 Å². The van der Waals surface area contributed by atoms with Crippen LogP contribution in [-0.2, 0) is 9.53 Å². The average Bonchev–Trinajstić information content (AvgIpc) is 2.46. The molecule has 2 aliphatic rings. The fraction of sp³-hybridized carbons (Fsp3) is 0.933. The van der Waals surface area contributed by atoms with Gasteiger partial charge < -0.3 is 19.9 Å². The van der Waals surface area contributed by atoms with Crippen molar-refractivity contribution in [2.75, 3.05) is 53.5 Å². The quantitative estimate of drug-likeness (QED) is 0.800. The van der Waals surface area contributed by atoms with Crippen molar-refractivity contribution in [3.8, 4) is 0 Å². The number of rotatable bonds is 5. The first-order valence-electron chi connectivity index (χ1n) is 7.87. The van der Waals surface area contributed by atoms with Gasteiger partial charge in [0.25, 0.3) is 0 Å². The van der Waals surface area contributed by atoms with Gasteiger partial charge in [-0.1, -0.05) is 0 Å². The fourth-order valence-electron chi connectivity index (χ4n) is 3.32. The number of amides is 1. The number of ether oxygens (including phenoxy) is 1. The summed E-state index contributed by atoms with van der Waals surface area (Å²) in [6.07, 6.45) is 4.81. The summed E-state index contributed by atoms with van der Waals surface area (Å²) in [6, 6.07) is 0.578. The predicted octanol–water partition coefficient (Wildman–Crippen LogP) is 0.555. The molecule has 2 saturated heterocycles. The third-order valence-electron chi connectivity index (χ3n) is 4.53. The molecule has 5 heteroatoms.